The normalized spacial score (nSPS) is 14.8. The highest BCUT2D eigenvalue weighted by Gasteiger charge is 2.30. The number of benzene rings is 2. The summed E-state index contributed by atoms with van der Waals surface area (Å²) in [5.41, 5.74) is 5.21. The van der Waals surface area contributed by atoms with Gasteiger partial charge >= 0.3 is 5.97 Å². The molecule has 0 radical (unpaired) electrons. The molecule has 1 atom stereocenters. The van der Waals surface area contributed by atoms with Crippen molar-refractivity contribution in [1.29, 1.82) is 0 Å². The van der Waals surface area contributed by atoms with Crippen LogP contribution < -0.4 is 10.1 Å². The minimum Gasteiger partial charge on any atom is -0.497 e. The molecular weight excluding hydrogens is 484 g/mol. The van der Waals surface area contributed by atoms with Crippen LogP contribution in [-0.4, -0.2) is 30.6 Å². The number of para-hydroxylation sites is 1. The summed E-state index contributed by atoms with van der Waals surface area (Å²) in [6.07, 6.45) is 2.74. The van der Waals surface area contributed by atoms with Crippen molar-refractivity contribution >= 4 is 39.1 Å². The molecule has 1 amide bonds. The van der Waals surface area contributed by atoms with Crippen LogP contribution in [-0.2, 0) is 17.6 Å². The number of pyridine rings is 1. The smallest absolute Gasteiger partial charge is 0.341 e. The summed E-state index contributed by atoms with van der Waals surface area (Å²) in [6, 6.07) is 15.3. The van der Waals surface area contributed by atoms with Crippen LogP contribution in [0.3, 0.4) is 0 Å². The highest BCUT2D eigenvalue weighted by atomic mass is 32.1. The maximum atomic E-state index is 13.9. The van der Waals surface area contributed by atoms with Gasteiger partial charge in [-0.05, 0) is 80.5 Å². The van der Waals surface area contributed by atoms with Crippen LogP contribution in [0, 0.1) is 12.8 Å². The van der Waals surface area contributed by atoms with E-state index in [2.05, 4.69) is 12.2 Å². The number of carbonyl (C=O) groups is 2. The van der Waals surface area contributed by atoms with Crippen LogP contribution in [0.4, 0.5) is 5.00 Å². The molecule has 1 unspecified atom stereocenters. The molecule has 1 aliphatic rings. The number of amides is 1. The SMILES string of the molecule is CCOC(=O)c1c(NC(=O)c2c(C)c(-c3ccc(OC)cc3)nc3ccccc23)sc2c1CCC(C)C2. The molecule has 0 saturated carbocycles. The molecule has 190 valence electrons. The van der Waals surface area contributed by atoms with E-state index in [0.717, 1.165) is 63.2 Å². The summed E-state index contributed by atoms with van der Waals surface area (Å²) >= 11 is 1.50. The van der Waals surface area contributed by atoms with Crippen LogP contribution in [0.5, 0.6) is 5.75 Å². The van der Waals surface area contributed by atoms with E-state index in [1.807, 2.05) is 55.5 Å². The van der Waals surface area contributed by atoms with Gasteiger partial charge in [-0.1, -0.05) is 25.1 Å². The summed E-state index contributed by atoms with van der Waals surface area (Å²) in [5, 5.41) is 4.43. The number of hydrogen-bond acceptors (Lipinski definition) is 6. The number of aromatic nitrogens is 1. The highest BCUT2D eigenvalue weighted by molar-refractivity contribution is 7.17. The summed E-state index contributed by atoms with van der Waals surface area (Å²) in [6.45, 7) is 6.22. The molecule has 0 bridgehead atoms. The van der Waals surface area contributed by atoms with E-state index < -0.39 is 0 Å². The van der Waals surface area contributed by atoms with Gasteiger partial charge in [0.2, 0.25) is 0 Å². The first kappa shape index (κ1) is 25.0. The fourth-order valence-corrected chi connectivity index (χ4v) is 6.45. The van der Waals surface area contributed by atoms with E-state index in [1.165, 1.54) is 11.3 Å². The summed E-state index contributed by atoms with van der Waals surface area (Å²) in [7, 11) is 1.63. The van der Waals surface area contributed by atoms with Crippen molar-refractivity contribution in [2.45, 2.75) is 40.0 Å². The monoisotopic (exact) mass is 514 g/mol. The molecule has 0 aliphatic heterocycles. The minimum absolute atomic E-state index is 0.261. The van der Waals surface area contributed by atoms with Crippen molar-refractivity contribution < 1.29 is 19.1 Å². The predicted molar refractivity (Wildman–Crippen MR) is 148 cm³/mol. The Kier molecular flexibility index (Phi) is 6.98. The Balaban J connectivity index is 1.61. The molecule has 0 fully saturated rings. The Labute approximate surface area is 220 Å². The van der Waals surface area contributed by atoms with Gasteiger partial charge in [-0.15, -0.1) is 11.3 Å². The van der Waals surface area contributed by atoms with Gasteiger partial charge in [-0.2, -0.15) is 0 Å². The molecule has 2 aromatic heterocycles. The number of ether oxygens (including phenoxy) is 2. The number of anilines is 1. The molecule has 37 heavy (non-hydrogen) atoms. The highest BCUT2D eigenvalue weighted by Crippen LogP contribution is 2.41. The number of fused-ring (bicyclic) bond motifs is 2. The number of esters is 1. The van der Waals surface area contributed by atoms with Crippen molar-refractivity contribution in [1.82, 2.24) is 4.98 Å². The van der Waals surface area contributed by atoms with Gasteiger partial charge in [-0.25, -0.2) is 9.78 Å². The van der Waals surface area contributed by atoms with E-state index in [9.17, 15) is 9.59 Å². The van der Waals surface area contributed by atoms with Gasteiger partial charge in [0.15, 0.2) is 0 Å². The molecule has 7 heteroatoms. The van der Waals surface area contributed by atoms with Crippen LogP contribution in [0.25, 0.3) is 22.2 Å². The molecule has 0 saturated heterocycles. The molecule has 5 rings (SSSR count). The van der Waals surface area contributed by atoms with Gasteiger partial charge in [0.25, 0.3) is 5.91 Å². The fourth-order valence-electron chi connectivity index (χ4n) is 5.05. The average Bonchev–Trinajstić information content (AvgIpc) is 3.25. The molecule has 4 aromatic rings. The van der Waals surface area contributed by atoms with E-state index in [-0.39, 0.29) is 18.5 Å². The number of hydrogen-bond donors (Lipinski definition) is 1. The van der Waals surface area contributed by atoms with E-state index in [0.29, 0.717) is 22.0 Å². The Bertz CT molecular complexity index is 1490. The second-order valence-corrected chi connectivity index (χ2v) is 10.5. The Morgan fingerprint density at radius 3 is 2.59 bits per heavy atom. The second kappa shape index (κ2) is 10.3. The Hall–Kier alpha value is -3.71. The van der Waals surface area contributed by atoms with Crippen molar-refractivity contribution in [3.05, 3.63) is 75.7 Å². The first-order valence-corrected chi connectivity index (χ1v) is 13.4. The molecule has 1 N–H and O–H groups in total. The largest absolute Gasteiger partial charge is 0.497 e. The van der Waals surface area contributed by atoms with Crippen LogP contribution in [0.1, 0.15) is 57.0 Å². The molecule has 0 spiro atoms. The number of methoxy groups -OCH3 is 1. The number of nitrogens with zero attached hydrogens (tertiary/aromatic N) is 1. The summed E-state index contributed by atoms with van der Waals surface area (Å²) < 4.78 is 10.7. The number of nitrogens with one attached hydrogen (secondary N) is 1. The number of thiophene rings is 1. The molecule has 2 aromatic carbocycles. The number of rotatable bonds is 6. The van der Waals surface area contributed by atoms with Crippen molar-refractivity contribution in [2.24, 2.45) is 5.92 Å². The Morgan fingerprint density at radius 2 is 1.86 bits per heavy atom. The lowest BCUT2D eigenvalue weighted by molar-refractivity contribution is 0.0526. The van der Waals surface area contributed by atoms with Crippen molar-refractivity contribution in [3.8, 4) is 17.0 Å². The third-order valence-corrected chi connectivity index (χ3v) is 8.11. The van der Waals surface area contributed by atoms with Gasteiger partial charge in [0.1, 0.15) is 10.8 Å². The molecule has 1 aliphatic carbocycles. The standard InChI is InChI=1S/C30H30N2O4S/c1-5-36-30(34)26-22-15-10-17(2)16-24(22)37-29(26)32-28(33)25-18(3)27(19-11-13-20(35-4)14-12-19)31-23-9-7-6-8-21(23)25/h6-9,11-14,17H,5,10,15-16H2,1-4H3,(H,32,33). The summed E-state index contributed by atoms with van der Waals surface area (Å²) in [4.78, 5) is 33.0. The maximum Gasteiger partial charge on any atom is 0.341 e. The third kappa shape index (κ3) is 4.71. The Morgan fingerprint density at radius 1 is 1.11 bits per heavy atom. The molecule has 6 nitrogen and oxygen atoms in total. The zero-order valence-electron chi connectivity index (χ0n) is 21.5. The van der Waals surface area contributed by atoms with Crippen LogP contribution in [0.2, 0.25) is 0 Å². The lowest BCUT2D eigenvalue weighted by atomic mass is 9.88. The molecule has 2 heterocycles. The zero-order valence-corrected chi connectivity index (χ0v) is 22.3. The van der Waals surface area contributed by atoms with E-state index in [4.69, 9.17) is 14.5 Å². The second-order valence-electron chi connectivity index (χ2n) is 9.44. The lowest BCUT2D eigenvalue weighted by Crippen LogP contribution is -2.18. The maximum absolute atomic E-state index is 13.9. The quantitative estimate of drug-likeness (QED) is 0.285. The number of carbonyl (C=O) groups excluding carboxylic acids is 2. The van der Waals surface area contributed by atoms with E-state index >= 15 is 0 Å². The van der Waals surface area contributed by atoms with Crippen molar-refractivity contribution in [2.75, 3.05) is 19.0 Å². The van der Waals surface area contributed by atoms with Gasteiger partial charge < -0.3 is 14.8 Å². The zero-order chi connectivity index (χ0) is 26.1. The summed E-state index contributed by atoms with van der Waals surface area (Å²) in [5.74, 6) is 0.661. The van der Waals surface area contributed by atoms with Gasteiger partial charge in [0, 0.05) is 15.8 Å². The van der Waals surface area contributed by atoms with Gasteiger partial charge in [0.05, 0.1) is 36.1 Å². The van der Waals surface area contributed by atoms with Crippen LogP contribution >= 0.6 is 11.3 Å². The third-order valence-electron chi connectivity index (χ3n) is 6.94. The van der Waals surface area contributed by atoms with Gasteiger partial charge in [-0.3, -0.25) is 4.79 Å². The first-order valence-electron chi connectivity index (χ1n) is 12.6. The first-order chi connectivity index (χ1) is 17.9. The average molecular weight is 515 g/mol. The molecular formula is C30H30N2O4S. The minimum atomic E-state index is -0.375. The lowest BCUT2D eigenvalue weighted by Gasteiger charge is -2.18. The van der Waals surface area contributed by atoms with Crippen molar-refractivity contribution in [3.63, 3.8) is 0 Å². The fraction of sp³-hybridized carbons (Fsp3) is 0.300. The topological polar surface area (TPSA) is 77.5 Å². The predicted octanol–water partition coefficient (Wildman–Crippen LogP) is 6.83. The van der Waals surface area contributed by atoms with Crippen LogP contribution in [0.15, 0.2) is 48.5 Å². The van der Waals surface area contributed by atoms with E-state index in [1.54, 1.807) is 14.0 Å².